The highest BCUT2D eigenvalue weighted by Gasteiger charge is 2.29. The molecule has 9 heteroatoms. The van der Waals surface area contributed by atoms with Crippen LogP contribution in [-0.2, 0) is 17.4 Å². The van der Waals surface area contributed by atoms with E-state index < -0.39 is 11.7 Å². The van der Waals surface area contributed by atoms with Gasteiger partial charge in [0, 0.05) is 5.69 Å². The highest BCUT2D eigenvalue weighted by molar-refractivity contribution is 5.92. The predicted molar refractivity (Wildman–Crippen MR) is 92.4 cm³/mol. The van der Waals surface area contributed by atoms with Gasteiger partial charge in [-0.05, 0) is 59.7 Å². The zero-order chi connectivity index (χ0) is 19.6. The summed E-state index contributed by atoms with van der Waals surface area (Å²) in [7, 11) is 0. The van der Waals surface area contributed by atoms with Crippen molar-refractivity contribution < 1.29 is 18.0 Å². The fraction of sp³-hybridized carbons (Fsp3) is 0.222. The molecule has 0 unspecified atom stereocenters. The van der Waals surface area contributed by atoms with Gasteiger partial charge < -0.3 is 5.32 Å². The van der Waals surface area contributed by atoms with Gasteiger partial charge >= 0.3 is 6.18 Å². The number of aromatic nitrogens is 4. The van der Waals surface area contributed by atoms with Crippen molar-refractivity contribution in [1.82, 2.24) is 20.2 Å². The Labute approximate surface area is 153 Å². The van der Waals surface area contributed by atoms with E-state index in [-0.39, 0.29) is 12.3 Å². The van der Waals surface area contributed by atoms with E-state index in [0.29, 0.717) is 17.1 Å². The number of hydrogen-bond donors (Lipinski definition) is 1. The van der Waals surface area contributed by atoms with E-state index in [9.17, 15) is 18.0 Å². The fourth-order valence-corrected chi connectivity index (χ4v) is 2.57. The Bertz CT molecular complexity index is 964. The third-order valence-corrected chi connectivity index (χ3v) is 3.99. The molecular formula is C18H16F3N5O. The first-order valence-electron chi connectivity index (χ1n) is 8.06. The number of amides is 1. The number of nitrogens with zero attached hydrogens (tertiary/aromatic N) is 4. The Balaban J connectivity index is 1.72. The average molecular weight is 375 g/mol. The number of alkyl halides is 3. The lowest BCUT2D eigenvalue weighted by molar-refractivity contribution is -0.137. The second kappa shape index (κ2) is 7.18. The summed E-state index contributed by atoms with van der Waals surface area (Å²) in [5.41, 5.74) is 1.94. The van der Waals surface area contributed by atoms with Gasteiger partial charge in [0.2, 0.25) is 5.91 Å². The quantitative estimate of drug-likeness (QED) is 0.758. The number of rotatable bonds is 4. The Morgan fingerprint density at radius 1 is 1.11 bits per heavy atom. The van der Waals surface area contributed by atoms with Crippen molar-refractivity contribution in [2.75, 3.05) is 5.32 Å². The number of anilines is 1. The minimum Gasteiger partial charge on any atom is -0.326 e. The number of carbonyl (C=O) groups excluding carboxylic acids is 1. The van der Waals surface area contributed by atoms with Crippen molar-refractivity contribution >= 4 is 11.6 Å². The molecular weight excluding hydrogens is 359 g/mol. The number of nitrogens with one attached hydrogen (secondary N) is 1. The van der Waals surface area contributed by atoms with E-state index in [1.165, 1.54) is 12.1 Å². The number of carbonyl (C=O) groups is 1. The van der Waals surface area contributed by atoms with Gasteiger partial charge in [-0.1, -0.05) is 18.2 Å². The second-order valence-electron chi connectivity index (χ2n) is 6.06. The van der Waals surface area contributed by atoms with E-state index in [4.69, 9.17) is 0 Å². The first-order chi connectivity index (χ1) is 12.7. The Kier molecular flexibility index (Phi) is 4.93. The third-order valence-electron chi connectivity index (χ3n) is 3.99. The van der Waals surface area contributed by atoms with Crippen LogP contribution in [0.2, 0.25) is 0 Å². The van der Waals surface area contributed by atoms with Gasteiger partial charge in [0.1, 0.15) is 0 Å². The summed E-state index contributed by atoms with van der Waals surface area (Å²) in [5.74, 6) is 0.268. The van der Waals surface area contributed by atoms with Crippen LogP contribution in [-0.4, -0.2) is 26.1 Å². The maximum absolute atomic E-state index is 12.6. The Hall–Kier alpha value is -3.23. The van der Waals surface area contributed by atoms with Crippen molar-refractivity contribution in [2.24, 2.45) is 0 Å². The number of tetrazole rings is 1. The molecule has 0 saturated heterocycles. The number of halogens is 3. The fourth-order valence-electron chi connectivity index (χ4n) is 2.57. The van der Waals surface area contributed by atoms with Crippen LogP contribution in [0.15, 0.2) is 42.5 Å². The van der Waals surface area contributed by atoms with Crippen molar-refractivity contribution in [1.29, 1.82) is 0 Å². The lowest BCUT2D eigenvalue weighted by Crippen LogP contribution is -2.15. The van der Waals surface area contributed by atoms with E-state index in [2.05, 4.69) is 20.8 Å². The van der Waals surface area contributed by atoms with Crippen molar-refractivity contribution in [3.05, 3.63) is 65.0 Å². The minimum absolute atomic E-state index is 0.0365. The maximum Gasteiger partial charge on any atom is 0.416 e. The Morgan fingerprint density at radius 2 is 1.81 bits per heavy atom. The van der Waals surface area contributed by atoms with Gasteiger partial charge in [0.15, 0.2) is 5.82 Å². The number of benzene rings is 2. The molecule has 1 amide bonds. The van der Waals surface area contributed by atoms with Gasteiger partial charge in [0.25, 0.3) is 0 Å². The molecule has 0 radical (unpaired) electrons. The molecule has 1 N–H and O–H groups in total. The molecule has 0 fully saturated rings. The summed E-state index contributed by atoms with van der Waals surface area (Å²) in [5, 5.41) is 14.1. The molecule has 0 spiro atoms. The van der Waals surface area contributed by atoms with Gasteiger partial charge in [-0.3, -0.25) is 4.79 Å². The number of hydrogen-bond acceptors (Lipinski definition) is 4. The van der Waals surface area contributed by atoms with Crippen LogP contribution in [0.3, 0.4) is 0 Å². The van der Waals surface area contributed by atoms with Crippen molar-refractivity contribution in [2.45, 2.75) is 26.4 Å². The largest absolute Gasteiger partial charge is 0.416 e. The van der Waals surface area contributed by atoms with Gasteiger partial charge in [-0.15, -0.1) is 5.10 Å². The van der Waals surface area contributed by atoms with Crippen LogP contribution in [0.1, 0.15) is 22.5 Å². The van der Waals surface area contributed by atoms with Crippen LogP contribution in [0.5, 0.6) is 0 Å². The Morgan fingerprint density at radius 3 is 2.41 bits per heavy atom. The van der Waals surface area contributed by atoms with Gasteiger partial charge in [-0.2, -0.15) is 17.9 Å². The standard InChI is InChI=1S/C18H16F3N5O/c1-11-3-8-15(10-16(11)26-12(2)23-24-25-26)22-17(27)9-13-4-6-14(7-5-13)18(19,20)21/h3-8,10H,9H2,1-2H3,(H,22,27). The first kappa shape index (κ1) is 18.6. The highest BCUT2D eigenvalue weighted by atomic mass is 19.4. The van der Waals surface area contributed by atoms with Gasteiger partial charge in [0.05, 0.1) is 17.7 Å². The topological polar surface area (TPSA) is 72.7 Å². The predicted octanol–water partition coefficient (Wildman–Crippen LogP) is 3.48. The van der Waals surface area contributed by atoms with Crippen LogP contribution in [0.25, 0.3) is 5.69 Å². The minimum atomic E-state index is -4.40. The van der Waals surface area contributed by atoms with E-state index in [1.54, 1.807) is 23.7 Å². The van der Waals surface area contributed by atoms with E-state index in [1.807, 2.05) is 13.0 Å². The monoisotopic (exact) mass is 375 g/mol. The SMILES string of the molecule is Cc1ccc(NC(=O)Cc2ccc(C(F)(F)F)cc2)cc1-n1nnnc1C. The molecule has 0 bridgehead atoms. The normalized spacial score (nSPS) is 11.4. The molecule has 0 aliphatic heterocycles. The lowest BCUT2D eigenvalue weighted by Gasteiger charge is -2.11. The summed E-state index contributed by atoms with van der Waals surface area (Å²) >= 11 is 0. The summed E-state index contributed by atoms with van der Waals surface area (Å²) in [6.07, 6.45) is -4.43. The molecule has 1 aromatic heterocycles. The molecule has 3 rings (SSSR count). The molecule has 1 heterocycles. The molecule has 0 saturated carbocycles. The van der Waals surface area contributed by atoms with Crippen molar-refractivity contribution in [3.63, 3.8) is 0 Å². The molecule has 3 aromatic rings. The molecule has 0 aliphatic rings. The second-order valence-corrected chi connectivity index (χ2v) is 6.06. The lowest BCUT2D eigenvalue weighted by atomic mass is 10.1. The van der Waals surface area contributed by atoms with Crippen LogP contribution >= 0.6 is 0 Å². The van der Waals surface area contributed by atoms with Crippen LogP contribution in [0, 0.1) is 13.8 Å². The van der Waals surface area contributed by atoms with Gasteiger partial charge in [-0.25, -0.2) is 0 Å². The summed E-state index contributed by atoms with van der Waals surface area (Å²) in [4.78, 5) is 12.2. The molecule has 6 nitrogen and oxygen atoms in total. The van der Waals surface area contributed by atoms with E-state index in [0.717, 1.165) is 23.4 Å². The zero-order valence-corrected chi connectivity index (χ0v) is 14.6. The first-order valence-corrected chi connectivity index (χ1v) is 8.06. The summed E-state index contributed by atoms with van der Waals surface area (Å²) in [6, 6.07) is 9.83. The smallest absolute Gasteiger partial charge is 0.326 e. The zero-order valence-electron chi connectivity index (χ0n) is 14.6. The highest BCUT2D eigenvalue weighted by Crippen LogP contribution is 2.29. The summed E-state index contributed by atoms with van der Waals surface area (Å²) < 4.78 is 39.3. The van der Waals surface area contributed by atoms with Crippen LogP contribution in [0.4, 0.5) is 18.9 Å². The van der Waals surface area contributed by atoms with E-state index >= 15 is 0 Å². The molecule has 2 aromatic carbocycles. The maximum atomic E-state index is 12.6. The summed E-state index contributed by atoms with van der Waals surface area (Å²) in [6.45, 7) is 3.65. The molecule has 27 heavy (non-hydrogen) atoms. The third kappa shape index (κ3) is 4.30. The van der Waals surface area contributed by atoms with Crippen LogP contribution < -0.4 is 5.32 Å². The molecule has 0 aliphatic carbocycles. The average Bonchev–Trinajstić information content (AvgIpc) is 3.02. The molecule has 0 atom stereocenters. The van der Waals surface area contributed by atoms with Crippen molar-refractivity contribution in [3.8, 4) is 5.69 Å². The molecule has 140 valence electrons. The number of aryl methyl sites for hydroxylation is 2.